The third-order valence-electron chi connectivity index (χ3n) is 9.03. The summed E-state index contributed by atoms with van der Waals surface area (Å²) < 4.78 is 32.5. The minimum atomic E-state index is -3.90. The zero-order valence-corrected chi connectivity index (χ0v) is 23.3. The number of hydrogen-bond donors (Lipinski definition) is 0. The maximum Gasteiger partial charge on any atom is 0.243 e. The molecule has 6 heteroatoms. The molecule has 1 aromatic heterocycles. The molecule has 1 saturated carbocycles. The van der Waals surface area contributed by atoms with Crippen LogP contribution in [0.15, 0.2) is 114 Å². The predicted molar refractivity (Wildman–Crippen MR) is 157 cm³/mol. The van der Waals surface area contributed by atoms with Gasteiger partial charge in [-0.2, -0.15) is 4.31 Å². The lowest BCUT2D eigenvalue weighted by Crippen LogP contribution is -2.49. The van der Waals surface area contributed by atoms with Gasteiger partial charge in [-0.25, -0.2) is 8.42 Å². The molecule has 0 N–H and O–H groups in total. The molecule has 0 spiro atoms. The molecule has 4 aromatic carbocycles. The molecule has 1 aliphatic heterocycles. The molecule has 2 atom stereocenters. The molecule has 40 heavy (non-hydrogen) atoms. The zero-order chi connectivity index (χ0) is 27.6. The number of nitrogens with zero attached hydrogens (tertiary/aromatic N) is 2. The molecule has 7 rings (SSSR count). The number of carbonyl (C=O) groups excluding carboxylic acids is 1. The average Bonchev–Trinajstić information content (AvgIpc) is 3.45. The van der Waals surface area contributed by atoms with Crippen molar-refractivity contribution in [2.45, 2.75) is 42.2 Å². The van der Waals surface area contributed by atoms with Gasteiger partial charge in [0.2, 0.25) is 10.0 Å². The lowest BCUT2D eigenvalue weighted by Gasteiger charge is -2.43. The van der Waals surface area contributed by atoms with E-state index in [1.807, 2.05) is 98.9 Å². The summed E-state index contributed by atoms with van der Waals surface area (Å²) in [4.78, 5) is 14.9. The van der Waals surface area contributed by atoms with Gasteiger partial charge in [-0.15, -0.1) is 0 Å². The van der Waals surface area contributed by atoms with Crippen LogP contribution in [0, 0.1) is 6.92 Å². The standard InChI is InChI=1S/C34H30N2O3S/c1-23-17-19-26(20-18-23)40(38,39)36-22-30-32(27-15-9-10-16-28(27)35(30)2)33-29(36)21-31(37)34(33,24-11-5-3-6-12-24)25-13-7-4-8-14-25/h3-20,29,33H,21-22H2,1-2H3/t29-,33+/m1/s1. The molecule has 5 aromatic rings. The van der Waals surface area contributed by atoms with Crippen molar-refractivity contribution in [3.05, 3.63) is 137 Å². The number of ketones is 1. The minimum Gasteiger partial charge on any atom is -0.346 e. The van der Waals surface area contributed by atoms with Crippen LogP contribution in [0.1, 0.15) is 40.3 Å². The van der Waals surface area contributed by atoms with Gasteiger partial charge in [-0.05, 0) is 41.8 Å². The average molecular weight is 547 g/mol. The van der Waals surface area contributed by atoms with E-state index in [-0.39, 0.29) is 23.6 Å². The molecular formula is C34H30N2O3S. The number of aromatic nitrogens is 1. The van der Waals surface area contributed by atoms with Crippen LogP contribution >= 0.6 is 0 Å². The van der Waals surface area contributed by atoms with Crippen molar-refractivity contribution in [3.8, 4) is 0 Å². The van der Waals surface area contributed by atoms with Crippen molar-refractivity contribution in [2.75, 3.05) is 0 Å². The maximum atomic E-state index is 14.6. The summed E-state index contributed by atoms with van der Waals surface area (Å²) >= 11 is 0. The fourth-order valence-electron chi connectivity index (χ4n) is 7.25. The Kier molecular flexibility index (Phi) is 5.63. The first kappa shape index (κ1) is 25.0. The van der Waals surface area contributed by atoms with Crippen LogP contribution in [0.2, 0.25) is 0 Å². The van der Waals surface area contributed by atoms with Crippen molar-refractivity contribution in [2.24, 2.45) is 7.05 Å². The van der Waals surface area contributed by atoms with Crippen molar-refractivity contribution < 1.29 is 13.2 Å². The van der Waals surface area contributed by atoms with E-state index in [0.29, 0.717) is 0 Å². The molecule has 0 amide bonds. The van der Waals surface area contributed by atoms with Crippen LogP contribution in [0.5, 0.6) is 0 Å². The highest BCUT2D eigenvalue weighted by atomic mass is 32.2. The van der Waals surface area contributed by atoms with Gasteiger partial charge in [-0.1, -0.05) is 96.6 Å². The Hall–Kier alpha value is -4.00. The van der Waals surface area contributed by atoms with Crippen molar-refractivity contribution in [1.29, 1.82) is 0 Å². The molecule has 0 saturated heterocycles. The topological polar surface area (TPSA) is 59.4 Å². The summed E-state index contributed by atoms with van der Waals surface area (Å²) in [7, 11) is -1.90. The molecule has 2 heterocycles. The number of rotatable bonds is 4. The molecule has 0 unspecified atom stereocenters. The highest BCUT2D eigenvalue weighted by molar-refractivity contribution is 7.89. The van der Waals surface area contributed by atoms with Crippen LogP contribution in [-0.2, 0) is 33.8 Å². The minimum absolute atomic E-state index is 0.0461. The second kappa shape index (κ2) is 9.01. The first-order valence-corrected chi connectivity index (χ1v) is 15.1. The SMILES string of the molecule is Cc1ccc(S(=O)(=O)N2Cc3c(c4ccccc4n3C)[C@@H]3[C@H]2CC(=O)C3(c2ccccc2)c2ccccc2)cc1. The molecule has 5 nitrogen and oxygen atoms in total. The van der Waals surface area contributed by atoms with Crippen molar-refractivity contribution >= 4 is 26.7 Å². The van der Waals surface area contributed by atoms with Crippen LogP contribution in [-0.4, -0.2) is 29.1 Å². The van der Waals surface area contributed by atoms with E-state index in [9.17, 15) is 13.2 Å². The second-order valence-corrected chi connectivity index (χ2v) is 12.9. The number of Topliss-reactive ketones (excluding diaryl/α,β-unsaturated/α-hetero) is 1. The van der Waals surface area contributed by atoms with E-state index in [4.69, 9.17) is 0 Å². The normalized spacial score (nSPS) is 20.4. The molecule has 1 fully saturated rings. The van der Waals surface area contributed by atoms with E-state index < -0.39 is 27.4 Å². The van der Waals surface area contributed by atoms with Crippen LogP contribution in [0.25, 0.3) is 10.9 Å². The Balaban J connectivity index is 1.57. The van der Waals surface area contributed by atoms with Gasteiger partial charge in [0.25, 0.3) is 0 Å². The van der Waals surface area contributed by atoms with Crippen LogP contribution < -0.4 is 0 Å². The number of sulfonamides is 1. The van der Waals surface area contributed by atoms with E-state index in [0.717, 1.165) is 38.9 Å². The molecule has 2 aliphatic rings. The summed E-state index contributed by atoms with van der Waals surface area (Å²) in [5.74, 6) is -0.357. The molecule has 200 valence electrons. The highest BCUT2D eigenvalue weighted by Crippen LogP contribution is 2.59. The molecule has 1 aliphatic carbocycles. The number of benzene rings is 4. The fraction of sp³-hybridized carbons (Fsp3) is 0.206. The number of carbonyl (C=O) groups is 1. The van der Waals surface area contributed by atoms with E-state index in [2.05, 4.69) is 16.7 Å². The number of aryl methyl sites for hydroxylation is 2. The lowest BCUT2D eigenvalue weighted by atomic mass is 9.63. The second-order valence-electron chi connectivity index (χ2n) is 11.0. The Morgan fingerprint density at radius 1 is 0.775 bits per heavy atom. The largest absolute Gasteiger partial charge is 0.346 e. The van der Waals surface area contributed by atoms with Crippen molar-refractivity contribution in [3.63, 3.8) is 0 Å². The van der Waals surface area contributed by atoms with Crippen molar-refractivity contribution in [1.82, 2.24) is 8.87 Å². The number of para-hydroxylation sites is 1. The monoisotopic (exact) mass is 546 g/mol. The third-order valence-corrected chi connectivity index (χ3v) is 10.9. The number of hydrogen-bond acceptors (Lipinski definition) is 3. The summed E-state index contributed by atoms with van der Waals surface area (Å²) in [6.07, 6.45) is 0.141. The Bertz CT molecular complexity index is 1820. The fourth-order valence-corrected chi connectivity index (χ4v) is 8.84. The number of fused-ring (bicyclic) bond motifs is 5. The Labute approximate surface area is 234 Å². The van der Waals surface area contributed by atoms with E-state index in [1.165, 1.54) is 0 Å². The first-order chi connectivity index (χ1) is 19.3. The first-order valence-electron chi connectivity index (χ1n) is 13.6. The Morgan fingerprint density at radius 2 is 1.35 bits per heavy atom. The predicted octanol–water partition coefficient (Wildman–Crippen LogP) is 6.10. The summed E-state index contributed by atoms with van der Waals surface area (Å²) in [6, 6.07) is 34.5. The lowest BCUT2D eigenvalue weighted by molar-refractivity contribution is -0.121. The van der Waals surface area contributed by atoms with Gasteiger partial charge in [0.1, 0.15) is 5.78 Å². The quantitative estimate of drug-likeness (QED) is 0.274. The highest BCUT2D eigenvalue weighted by Gasteiger charge is 2.62. The third kappa shape index (κ3) is 3.36. The zero-order valence-electron chi connectivity index (χ0n) is 22.5. The smallest absolute Gasteiger partial charge is 0.243 e. The van der Waals surface area contributed by atoms with E-state index >= 15 is 0 Å². The van der Waals surface area contributed by atoms with Gasteiger partial charge in [0.15, 0.2) is 0 Å². The molecule has 0 radical (unpaired) electrons. The van der Waals surface area contributed by atoms with E-state index in [1.54, 1.807) is 16.4 Å². The van der Waals surface area contributed by atoms with Crippen LogP contribution in [0.4, 0.5) is 0 Å². The van der Waals surface area contributed by atoms with Gasteiger partial charge in [0.05, 0.1) is 16.9 Å². The Morgan fingerprint density at radius 3 is 1.98 bits per heavy atom. The summed E-state index contributed by atoms with van der Waals surface area (Å²) in [5, 5.41) is 1.08. The summed E-state index contributed by atoms with van der Waals surface area (Å²) in [6.45, 7) is 2.16. The van der Waals surface area contributed by atoms with Gasteiger partial charge < -0.3 is 4.57 Å². The maximum absolute atomic E-state index is 14.6. The van der Waals surface area contributed by atoms with Crippen LogP contribution in [0.3, 0.4) is 0 Å². The van der Waals surface area contributed by atoms with Gasteiger partial charge in [-0.3, -0.25) is 4.79 Å². The molecular weight excluding hydrogens is 516 g/mol. The molecule has 0 bridgehead atoms. The van der Waals surface area contributed by atoms with Gasteiger partial charge in [0, 0.05) is 42.0 Å². The van der Waals surface area contributed by atoms with Gasteiger partial charge >= 0.3 is 0 Å². The summed E-state index contributed by atoms with van der Waals surface area (Å²) in [5.41, 5.74) is 4.80.